The smallest absolute Gasteiger partial charge is 0.274 e. The summed E-state index contributed by atoms with van der Waals surface area (Å²) in [6.07, 6.45) is 3.39. The van der Waals surface area contributed by atoms with Crippen molar-refractivity contribution in [1.29, 1.82) is 0 Å². The van der Waals surface area contributed by atoms with Crippen molar-refractivity contribution in [2.24, 2.45) is 5.41 Å². The number of ether oxygens (including phenoxy) is 1. The number of hydrogen-bond acceptors (Lipinski definition) is 3. The molecule has 0 N–H and O–H groups in total. The summed E-state index contributed by atoms with van der Waals surface area (Å²) < 4.78 is 34.5. The quantitative estimate of drug-likeness (QED) is 0.760. The zero-order chi connectivity index (χ0) is 20.9. The van der Waals surface area contributed by atoms with Crippen LogP contribution >= 0.6 is 0 Å². The molecule has 1 aromatic heterocycles. The van der Waals surface area contributed by atoms with Crippen LogP contribution in [-0.2, 0) is 17.6 Å². The Balaban J connectivity index is 1.64. The Morgan fingerprint density at radius 3 is 2.72 bits per heavy atom. The van der Waals surface area contributed by atoms with Gasteiger partial charge in [-0.2, -0.15) is 5.10 Å². The first-order valence-electron chi connectivity index (χ1n) is 10.2. The van der Waals surface area contributed by atoms with Crippen molar-refractivity contribution in [1.82, 2.24) is 14.7 Å². The summed E-state index contributed by atoms with van der Waals surface area (Å²) >= 11 is 0. The van der Waals surface area contributed by atoms with Gasteiger partial charge in [0.1, 0.15) is 0 Å². The van der Waals surface area contributed by atoms with Crippen LogP contribution in [0.25, 0.3) is 5.69 Å². The van der Waals surface area contributed by atoms with Crippen LogP contribution in [0, 0.1) is 17.0 Å². The molecule has 1 fully saturated rings. The molecule has 1 aromatic carbocycles. The van der Waals surface area contributed by atoms with Crippen molar-refractivity contribution in [2.45, 2.75) is 58.6 Å². The van der Waals surface area contributed by atoms with Gasteiger partial charge in [0.15, 0.2) is 17.3 Å². The number of carbonyl (C=O) groups is 1. The van der Waals surface area contributed by atoms with Crippen LogP contribution in [0.5, 0.6) is 0 Å². The molecular weight excluding hydrogens is 376 g/mol. The average Bonchev–Trinajstić information content (AvgIpc) is 3.29. The van der Waals surface area contributed by atoms with E-state index in [2.05, 4.69) is 18.9 Å². The van der Waals surface area contributed by atoms with Gasteiger partial charge in [0, 0.05) is 42.4 Å². The molecule has 0 saturated heterocycles. The molecule has 0 aliphatic heterocycles. The maximum absolute atomic E-state index is 13.8. The van der Waals surface area contributed by atoms with Crippen LogP contribution in [0.4, 0.5) is 8.78 Å². The lowest BCUT2D eigenvalue weighted by Gasteiger charge is -2.54. The van der Waals surface area contributed by atoms with Gasteiger partial charge in [-0.3, -0.25) is 4.79 Å². The Morgan fingerprint density at radius 1 is 1.31 bits per heavy atom. The van der Waals surface area contributed by atoms with Crippen molar-refractivity contribution < 1.29 is 18.3 Å². The second kappa shape index (κ2) is 7.20. The van der Waals surface area contributed by atoms with E-state index in [4.69, 9.17) is 4.74 Å². The van der Waals surface area contributed by atoms with Crippen LogP contribution in [0.3, 0.4) is 0 Å². The number of amides is 1. The Kier molecular flexibility index (Phi) is 4.97. The van der Waals surface area contributed by atoms with E-state index in [1.54, 1.807) is 9.58 Å². The van der Waals surface area contributed by atoms with Crippen molar-refractivity contribution in [3.8, 4) is 5.69 Å². The zero-order valence-corrected chi connectivity index (χ0v) is 17.3. The lowest BCUT2D eigenvalue weighted by molar-refractivity contribution is -0.136. The highest BCUT2D eigenvalue weighted by molar-refractivity contribution is 5.94. The highest BCUT2D eigenvalue weighted by Crippen LogP contribution is 2.46. The van der Waals surface area contributed by atoms with E-state index in [1.807, 2.05) is 14.0 Å². The van der Waals surface area contributed by atoms with Crippen LogP contribution in [0.15, 0.2) is 18.2 Å². The van der Waals surface area contributed by atoms with E-state index in [-0.39, 0.29) is 23.5 Å². The van der Waals surface area contributed by atoms with Crippen LogP contribution < -0.4 is 0 Å². The molecule has 2 aliphatic carbocycles. The van der Waals surface area contributed by atoms with E-state index < -0.39 is 11.6 Å². The highest BCUT2D eigenvalue weighted by Gasteiger charge is 2.52. The third-order valence-corrected chi connectivity index (χ3v) is 6.56. The van der Waals surface area contributed by atoms with E-state index in [0.29, 0.717) is 18.0 Å². The molecule has 0 radical (unpaired) electrons. The summed E-state index contributed by atoms with van der Waals surface area (Å²) in [5, 5.41) is 4.54. The minimum absolute atomic E-state index is 0.0667. The standard InChI is InChI=1S/C22H27F2N3O2/c1-5-29-19-12-18(22(19,2)3)26(4)21(28)20-14-7-6-8-17(14)27(25-20)13-9-10-15(23)16(24)11-13/h9-11,18-19H,5-8,12H2,1-4H3/t18-,19-/m1/s1. The third-order valence-electron chi connectivity index (χ3n) is 6.56. The molecule has 2 aliphatic rings. The molecule has 29 heavy (non-hydrogen) atoms. The fraction of sp³-hybridized carbons (Fsp3) is 0.545. The molecule has 1 heterocycles. The molecule has 156 valence electrons. The molecule has 0 unspecified atom stereocenters. The van der Waals surface area contributed by atoms with Crippen molar-refractivity contribution >= 4 is 5.91 Å². The van der Waals surface area contributed by atoms with Crippen LogP contribution in [-0.4, -0.2) is 46.4 Å². The molecule has 5 nitrogen and oxygen atoms in total. The summed E-state index contributed by atoms with van der Waals surface area (Å²) in [5.41, 5.74) is 2.55. The van der Waals surface area contributed by atoms with Crippen LogP contribution in [0.2, 0.25) is 0 Å². The molecule has 2 aromatic rings. The zero-order valence-electron chi connectivity index (χ0n) is 17.3. The van der Waals surface area contributed by atoms with Gasteiger partial charge in [-0.25, -0.2) is 13.5 Å². The summed E-state index contributed by atoms with van der Waals surface area (Å²) in [5.74, 6) is -1.95. The maximum Gasteiger partial charge on any atom is 0.274 e. The molecule has 4 rings (SSSR count). The molecule has 0 bridgehead atoms. The minimum atomic E-state index is -0.923. The summed E-state index contributed by atoms with van der Waals surface area (Å²) in [7, 11) is 1.81. The fourth-order valence-corrected chi connectivity index (χ4v) is 4.75. The summed E-state index contributed by atoms with van der Waals surface area (Å²) in [6.45, 7) is 6.88. The second-order valence-electron chi connectivity index (χ2n) is 8.57. The highest BCUT2D eigenvalue weighted by atomic mass is 19.2. The van der Waals surface area contributed by atoms with Gasteiger partial charge >= 0.3 is 0 Å². The summed E-state index contributed by atoms with van der Waals surface area (Å²) in [6, 6.07) is 3.77. The lowest BCUT2D eigenvalue weighted by atomic mass is 9.63. The second-order valence-corrected chi connectivity index (χ2v) is 8.57. The number of aromatic nitrogens is 2. The van der Waals surface area contributed by atoms with Gasteiger partial charge in [-0.05, 0) is 44.7 Å². The first kappa shape index (κ1) is 20.0. The van der Waals surface area contributed by atoms with Gasteiger partial charge in [0.05, 0.1) is 11.8 Å². The number of carbonyl (C=O) groups excluding carboxylic acids is 1. The number of benzene rings is 1. The van der Waals surface area contributed by atoms with E-state index >= 15 is 0 Å². The molecule has 2 atom stereocenters. The van der Waals surface area contributed by atoms with Gasteiger partial charge in [-0.1, -0.05) is 13.8 Å². The fourth-order valence-electron chi connectivity index (χ4n) is 4.75. The molecule has 7 heteroatoms. The number of hydrogen-bond donors (Lipinski definition) is 0. The van der Waals surface area contributed by atoms with E-state index in [1.165, 1.54) is 6.07 Å². The summed E-state index contributed by atoms with van der Waals surface area (Å²) in [4.78, 5) is 15.1. The number of rotatable bonds is 5. The Morgan fingerprint density at radius 2 is 2.07 bits per heavy atom. The maximum atomic E-state index is 13.8. The van der Waals surface area contributed by atoms with Gasteiger partial charge in [0.2, 0.25) is 0 Å². The predicted octanol–water partition coefficient (Wildman–Crippen LogP) is 3.91. The topological polar surface area (TPSA) is 47.4 Å². The monoisotopic (exact) mass is 403 g/mol. The van der Waals surface area contributed by atoms with E-state index in [0.717, 1.165) is 49.1 Å². The van der Waals surface area contributed by atoms with Crippen molar-refractivity contribution in [2.75, 3.05) is 13.7 Å². The Hall–Kier alpha value is -2.28. The van der Waals surface area contributed by atoms with Gasteiger partial charge in [-0.15, -0.1) is 0 Å². The number of fused-ring (bicyclic) bond motifs is 1. The molecular formula is C22H27F2N3O2. The number of nitrogens with zero attached hydrogens (tertiary/aromatic N) is 3. The van der Waals surface area contributed by atoms with Gasteiger partial charge in [0.25, 0.3) is 5.91 Å². The van der Waals surface area contributed by atoms with E-state index in [9.17, 15) is 13.6 Å². The Labute approximate surface area is 169 Å². The molecule has 0 spiro atoms. The number of halogens is 2. The normalized spacial score (nSPS) is 22.3. The largest absolute Gasteiger partial charge is 0.378 e. The Bertz CT molecular complexity index is 954. The van der Waals surface area contributed by atoms with Gasteiger partial charge < -0.3 is 9.64 Å². The first-order chi connectivity index (χ1) is 13.8. The lowest BCUT2D eigenvalue weighted by Crippen LogP contribution is -2.62. The average molecular weight is 403 g/mol. The predicted molar refractivity (Wildman–Crippen MR) is 105 cm³/mol. The SMILES string of the molecule is CCO[C@@H]1C[C@@H](N(C)C(=O)c2nn(-c3ccc(F)c(F)c3)c3c2CCC3)C1(C)C. The third kappa shape index (κ3) is 3.16. The first-order valence-corrected chi connectivity index (χ1v) is 10.2. The molecule has 1 amide bonds. The minimum Gasteiger partial charge on any atom is -0.378 e. The van der Waals surface area contributed by atoms with Crippen molar-refractivity contribution in [3.63, 3.8) is 0 Å². The van der Waals surface area contributed by atoms with Crippen LogP contribution in [0.1, 0.15) is 55.4 Å². The molecule has 1 saturated carbocycles. The van der Waals surface area contributed by atoms with Crippen molar-refractivity contribution in [3.05, 3.63) is 46.8 Å².